The summed E-state index contributed by atoms with van der Waals surface area (Å²) in [7, 11) is -2.84. The highest BCUT2D eigenvalue weighted by Crippen LogP contribution is 2.42. The van der Waals surface area contributed by atoms with Gasteiger partial charge in [-0.05, 0) is 64.3 Å². The van der Waals surface area contributed by atoms with Crippen molar-refractivity contribution in [3.05, 3.63) is 62.4 Å². The van der Waals surface area contributed by atoms with Gasteiger partial charge >= 0.3 is 22.0 Å². The molecule has 2 aliphatic rings. The maximum atomic E-state index is 15.1. The molecule has 16 nitrogen and oxygen atoms in total. The van der Waals surface area contributed by atoms with E-state index in [0.29, 0.717) is 32.4 Å². The summed E-state index contributed by atoms with van der Waals surface area (Å²) in [6, 6.07) is 5.43. The van der Waals surface area contributed by atoms with Gasteiger partial charge in [0, 0.05) is 26.7 Å². The van der Waals surface area contributed by atoms with Crippen molar-refractivity contribution in [2.45, 2.75) is 64.2 Å². The Balaban J connectivity index is 1.46. The Morgan fingerprint density at radius 2 is 1.98 bits per heavy atom. The third kappa shape index (κ3) is 7.14. The van der Waals surface area contributed by atoms with Crippen molar-refractivity contribution in [3.8, 4) is 17.6 Å². The first-order valence-electron chi connectivity index (χ1n) is 15.4. The van der Waals surface area contributed by atoms with E-state index in [1.807, 2.05) is 0 Å². The molecule has 1 spiro atoms. The molecule has 1 N–H and O–H groups in total. The highest BCUT2D eigenvalue weighted by Gasteiger charge is 2.45. The second-order valence-corrected chi connectivity index (χ2v) is 14.7. The van der Waals surface area contributed by atoms with E-state index < -0.39 is 78.0 Å². The van der Waals surface area contributed by atoms with Crippen molar-refractivity contribution >= 4 is 38.6 Å². The van der Waals surface area contributed by atoms with Crippen molar-refractivity contribution in [3.63, 3.8) is 0 Å². The van der Waals surface area contributed by atoms with E-state index in [4.69, 9.17) is 14.2 Å². The normalized spacial score (nSPS) is 17.7. The van der Waals surface area contributed by atoms with Crippen LogP contribution in [0.25, 0.3) is 10.9 Å². The number of nitro benzene ring substituents is 1. The first-order chi connectivity index (χ1) is 23.0. The number of likely N-dealkylation sites (tertiary alicyclic amines) is 1. The summed E-state index contributed by atoms with van der Waals surface area (Å²) in [4.78, 5) is 43.9. The van der Waals surface area contributed by atoms with Crippen LogP contribution in [0, 0.1) is 27.3 Å². The average molecular weight is 702 g/mol. The molecule has 0 aliphatic carbocycles. The molecule has 262 valence electrons. The third-order valence-electron chi connectivity index (χ3n) is 8.51. The second kappa shape index (κ2) is 13.2. The minimum absolute atomic E-state index is 0.0234. The van der Waals surface area contributed by atoms with E-state index >= 15 is 4.39 Å². The van der Waals surface area contributed by atoms with E-state index in [9.17, 15) is 33.4 Å². The number of nitriles is 1. The number of carbonyl (C=O) groups excluding carboxylic acids is 1. The fourth-order valence-electron chi connectivity index (χ4n) is 5.83. The Morgan fingerprint density at radius 3 is 2.59 bits per heavy atom. The standard InChI is InChI=1S/C31H36FN7O9S/c1-6-36(5)49(44,45)35-22-8-7-21(32)27(20(22)16-33)47-24-10-9-23-25(26(24)39(42)43)28(40)38(18-34-23)19-15-31(46-17-19)11-13-37(14-12-31)29(41)48-30(2,3)4/h7-10,18-19,35H,6,11-15,17H2,1-5H3. The van der Waals surface area contributed by atoms with Crippen LogP contribution in [0.1, 0.15) is 58.6 Å². The Kier molecular flexibility index (Phi) is 9.56. The molecule has 1 unspecified atom stereocenters. The Bertz CT molecular complexity index is 2020. The summed E-state index contributed by atoms with van der Waals surface area (Å²) >= 11 is 0. The number of amides is 1. The maximum absolute atomic E-state index is 15.1. The van der Waals surface area contributed by atoms with Crippen LogP contribution in [0.15, 0.2) is 35.4 Å². The van der Waals surface area contributed by atoms with Crippen LogP contribution in [-0.4, -0.2) is 82.7 Å². The summed E-state index contributed by atoms with van der Waals surface area (Å²) in [6.45, 7) is 7.93. The van der Waals surface area contributed by atoms with Crippen LogP contribution in [0.4, 0.5) is 20.6 Å². The van der Waals surface area contributed by atoms with Crippen molar-refractivity contribution in [2.75, 3.05) is 38.0 Å². The van der Waals surface area contributed by atoms with E-state index in [1.165, 1.54) is 24.0 Å². The van der Waals surface area contributed by atoms with Crippen molar-refractivity contribution < 1.29 is 36.7 Å². The Hall–Kier alpha value is -4.86. The zero-order valence-electron chi connectivity index (χ0n) is 27.6. The summed E-state index contributed by atoms with van der Waals surface area (Å²) in [5.41, 5.74) is -3.76. The number of carbonyl (C=O) groups is 1. The SMILES string of the molecule is CCN(C)S(=O)(=O)Nc1ccc(F)c(Oc2ccc3ncn(C4COC5(CCN(C(=O)OC(C)(C)C)CC5)C4)c(=O)c3c2[N+](=O)[O-])c1C#N. The van der Waals surface area contributed by atoms with Crippen molar-refractivity contribution in [1.82, 2.24) is 18.8 Å². The van der Waals surface area contributed by atoms with Gasteiger partial charge < -0.3 is 19.1 Å². The van der Waals surface area contributed by atoms with Crippen LogP contribution < -0.4 is 15.0 Å². The molecule has 0 radical (unpaired) electrons. The predicted molar refractivity (Wildman–Crippen MR) is 174 cm³/mol. The molecule has 1 amide bonds. The largest absolute Gasteiger partial charge is 0.446 e. The molecule has 18 heteroatoms. The molecule has 2 fully saturated rings. The number of rotatable bonds is 8. The number of ether oxygens (including phenoxy) is 3. The quantitative estimate of drug-likeness (QED) is 0.257. The minimum Gasteiger partial charge on any atom is -0.446 e. The van der Waals surface area contributed by atoms with Crippen LogP contribution in [-0.2, 0) is 19.7 Å². The Labute approximate surface area is 281 Å². The van der Waals surface area contributed by atoms with Crippen LogP contribution in [0.5, 0.6) is 11.5 Å². The fourth-order valence-corrected chi connectivity index (χ4v) is 6.77. The number of anilines is 1. The van der Waals surface area contributed by atoms with Gasteiger partial charge in [-0.2, -0.15) is 18.0 Å². The fraction of sp³-hybridized carbons (Fsp3) is 0.484. The highest BCUT2D eigenvalue weighted by molar-refractivity contribution is 7.90. The van der Waals surface area contributed by atoms with Crippen LogP contribution >= 0.6 is 0 Å². The number of nitro groups is 1. The predicted octanol–water partition coefficient (Wildman–Crippen LogP) is 4.45. The van der Waals surface area contributed by atoms with Gasteiger partial charge in [0.15, 0.2) is 11.6 Å². The van der Waals surface area contributed by atoms with Crippen LogP contribution in [0.2, 0.25) is 0 Å². The zero-order chi connectivity index (χ0) is 35.9. The number of hydrogen-bond acceptors (Lipinski definition) is 11. The van der Waals surface area contributed by atoms with E-state index in [0.717, 1.165) is 22.5 Å². The number of nitrogens with zero attached hydrogens (tertiary/aromatic N) is 6. The number of benzene rings is 2. The molecule has 1 atom stereocenters. The number of fused-ring (bicyclic) bond motifs is 1. The van der Waals surface area contributed by atoms with E-state index in [-0.39, 0.29) is 24.4 Å². The molecule has 5 rings (SSSR count). The molecular formula is C31H36FN7O9S. The van der Waals surface area contributed by atoms with Gasteiger partial charge in [0.05, 0.1) is 40.7 Å². The first kappa shape index (κ1) is 35.4. The molecule has 1 aromatic heterocycles. The van der Waals surface area contributed by atoms with Gasteiger partial charge in [-0.1, -0.05) is 6.92 Å². The lowest BCUT2D eigenvalue weighted by Gasteiger charge is -2.39. The maximum Gasteiger partial charge on any atom is 0.410 e. The smallest absolute Gasteiger partial charge is 0.410 e. The van der Waals surface area contributed by atoms with Gasteiger partial charge in [-0.25, -0.2) is 14.2 Å². The third-order valence-corrected chi connectivity index (χ3v) is 10.1. The lowest BCUT2D eigenvalue weighted by atomic mass is 9.87. The first-order valence-corrected chi connectivity index (χ1v) is 16.9. The lowest BCUT2D eigenvalue weighted by molar-refractivity contribution is -0.383. The molecule has 49 heavy (non-hydrogen) atoms. The van der Waals surface area contributed by atoms with Crippen molar-refractivity contribution in [1.29, 1.82) is 5.26 Å². The number of aromatic nitrogens is 2. The van der Waals surface area contributed by atoms with Crippen LogP contribution in [0.3, 0.4) is 0 Å². The van der Waals surface area contributed by atoms with E-state index in [2.05, 4.69) is 9.71 Å². The number of nitrogens with one attached hydrogen (secondary N) is 1. The monoisotopic (exact) mass is 701 g/mol. The molecule has 2 aliphatic heterocycles. The summed E-state index contributed by atoms with van der Waals surface area (Å²) in [5, 5.41) is 21.9. The average Bonchev–Trinajstić information content (AvgIpc) is 3.44. The highest BCUT2D eigenvalue weighted by atomic mass is 32.2. The summed E-state index contributed by atoms with van der Waals surface area (Å²) in [6.07, 6.45) is 2.24. The van der Waals surface area contributed by atoms with Crippen molar-refractivity contribution in [2.24, 2.45) is 0 Å². The van der Waals surface area contributed by atoms with Gasteiger partial charge in [0.2, 0.25) is 5.75 Å². The zero-order valence-corrected chi connectivity index (χ0v) is 28.4. The molecule has 2 saturated heterocycles. The second-order valence-electron chi connectivity index (χ2n) is 12.9. The molecular weight excluding hydrogens is 665 g/mol. The lowest BCUT2D eigenvalue weighted by Crippen LogP contribution is -2.48. The molecule has 0 saturated carbocycles. The van der Waals surface area contributed by atoms with Gasteiger partial charge in [0.1, 0.15) is 22.6 Å². The number of halogens is 1. The minimum atomic E-state index is -4.13. The van der Waals surface area contributed by atoms with Gasteiger partial charge in [-0.15, -0.1) is 0 Å². The van der Waals surface area contributed by atoms with Gasteiger partial charge in [0.25, 0.3) is 5.56 Å². The summed E-state index contributed by atoms with van der Waals surface area (Å²) in [5.74, 6) is -2.45. The summed E-state index contributed by atoms with van der Waals surface area (Å²) < 4.78 is 62.0. The Morgan fingerprint density at radius 1 is 1.29 bits per heavy atom. The molecule has 2 aromatic carbocycles. The molecule has 0 bridgehead atoms. The topological polar surface area (TPSA) is 199 Å². The number of piperidine rings is 1. The van der Waals surface area contributed by atoms with Gasteiger partial charge in [-0.3, -0.25) is 24.2 Å². The van der Waals surface area contributed by atoms with E-state index in [1.54, 1.807) is 38.7 Å². The molecule has 3 heterocycles. The number of hydrogen-bond donors (Lipinski definition) is 1. The molecule has 3 aromatic rings.